The first-order valence-corrected chi connectivity index (χ1v) is 8.17. The van der Waals surface area contributed by atoms with Crippen LogP contribution in [0.15, 0.2) is 67.3 Å². The van der Waals surface area contributed by atoms with Crippen molar-refractivity contribution >= 4 is 22.6 Å². The standard InChI is InChI=1S/C19H16FN5O/c20-9-10-24-12-14(11-22-24)23-19(26)15-5-1-3-7-17(15)25-13-21-16-6-2-4-8-18(16)25/h1-8,11-13H,9-10H2,(H,23,26). The van der Waals surface area contributed by atoms with Crippen LogP contribution >= 0.6 is 0 Å². The number of imidazole rings is 1. The number of fused-ring (bicyclic) bond motifs is 1. The molecule has 2 heterocycles. The Hall–Kier alpha value is -3.48. The highest BCUT2D eigenvalue weighted by Gasteiger charge is 2.15. The Labute approximate surface area is 148 Å². The third-order valence-electron chi connectivity index (χ3n) is 4.07. The van der Waals surface area contributed by atoms with E-state index in [2.05, 4.69) is 15.4 Å². The van der Waals surface area contributed by atoms with E-state index in [9.17, 15) is 9.18 Å². The van der Waals surface area contributed by atoms with Crippen molar-refractivity contribution in [1.82, 2.24) is 19.3 Å². The van der Waals surface area contributed by atoms with E-state index in [4.69, 9.17) is 0 Å². The molecule has 26 heavy (non-hydrogen) atoms. The molecular formula is C19H16FN5O. The summed E-state index contributed by atoms with van der Waals surface area (Å²) in [4.78, 5) is 17.2. The number of nitrogens with one attached hydrogen (secondary N) is 1. The van der Waals surface area contributed by atoms with E-state index in [-0.39, 0.29) is 12.5 Å². The van der Waals surface area contributed by atoms with E-state index in [1.807, 2.05) is 47.0 Å². The van der Waals surface area contributed by atoms with Gasteiger partial charge in [0.2, 0.25) is 0 Å². The maximum absolute atomic E-state index is 12.8. The van der Waals surface area contributed by atoms with Crippen LogP contribution in [0, 0.1) is 0 Å². The van der Waals surface area contributed by atoms with Gasteiger partial charge in [0.1, 0.15) is 13.0 Å². The monoisotopic (exact) mass is 349 g/mol. The van der Waals surface area contributed by atoms with Gasteiger partial charge in [-0.05, 0) is 24.3 Å². The van der Waals surface area contributed by atoms with Crippen molar-refractivity contribution in [3.8, 4) is 5.69 Å². The quantitative estimate of drug-likeness (QED) is 0.600. The Bertz CT molecular complexity index is 1070. The molecule has 1 amide bonds. The average Bonchev–Trinajstić information content (AvgIpc) is 3.29. The minimum atomic E-state index is -0.508. The molecule has 2 aromatic carbocycles. The summed E-state index contributed by atoms with van der Waals surface area (Å²) in [6, 6.07) is 15.0. The van der Waals surface area contributed by atoms with Gasteiger partial charge in [0.05, 0.1) is 40.7 Å². The molecule has 7 heteroatoms. The van der Waals surface area contributed by atoms with Crippen molar-refractivity contribution in [3.63, 3.8) is 0 Å². The maximum atomic E-state index is 12.8. The third-order valence-corrected chi connectivity index (χ3v) is 4.07. The molecule has 0 radical (unpaired) electrons. The predicted molar refractivity (Wildman–Crippen MR) is 97.2 cm³/mol. The Balaban J connectivity index is 1.68. The number of nitrogens with zero attached hydrogens (tertiary/aromatic N) is 4. The topological polar surface area (TPSA) is 64.7 Å². The van der Waals surface area contributed by atoms with Crippen LogP contribution in [0.25, 0.3) is 16.7 Å². The summed E-state index contributed by atoms with van der Waals surface area (Å²) in [7, 11) is 0. The SMILES string of the molecule is O=C(Nc1cnn(CCF)c1)c1ccccc1-n1cnc2ccccc21. The van der Waals surface area contributed by atoms with Gasteiger partial charge in [-0.2, -0.15) is 5.10 Å². The van der Waals surface area contributed by atoms with Crippen LogP contribution in [0.4, 0.5) is 10.1 Å². The molecule has 6 nitrogen and oxygen atoms in total. The van der Waals surface area contributed by atoms with Crippen molar-refractivity contribution in [2.45, 2.75) is 6.54 Å². The molecule has 4 aromatic rings. The van der Waals surface area contributed by atoms with Gasteiger partial charge in [-0.3, -0.25) is 14.0 Å². The Kier molecular flexibility index (Phi) is 4.18. The van der Waals surface area contributed by atoms with Crippen LogP contribution in [-0.4, -0.2) is 31.9 Å². The summed E-state index contributed by atoms with van der Waals surface area (Å²) in [6.07, 6.45) is 4.81. The molecular weight excluding hydrogens is 333 g/mol. The van der Waals surface area contributed by atoms with E-state index in [0.717, 1.165) is 16.7 Å². The smallest absolute Gasteiger partial charge is 0.257 e. The molecule has 0 bridgehead atoms. The largest absolute Gasteiger partial charge is 0.319 e. The zero-order valence-electron chi connectivity index (χ0n) is 13.8. The van der Waals surface area contributed by atoms with Gasteiger partial charge in [0.15, 0.2) is 0 Å². The second-order valence-corrected chi connectivity index (χ2v) is 5.76. The number of rotatable bonds is 5. The number of aromatic nitrogens is 4. The molecule has 0 aliphatic rings. The Morgan fingerprint density at radius 1 is 1.12 bits per heavy atom. The lowest BCUT2D eigenvalue weighted by atomic mass is 10.1. The Morgan fingerprint density at radius 3 is 2.81 bits per heavy atom. The zero-order chi connectivity index (χ0) is 17.9. The van der Waals surface area contributed by atoms with Crippen molar-refractivity contribution in [1.29, 1.82) is 0 Å². The van der Waals surface area contributed by atoms with Gasteiger partial charge in [-0.15, -0.1) is 0 Å². The number of hydrogen-bond acceptors (Lipinski definition) is 3. The van der Waals surface area contributed by atoms with Crippen molar-refractivity contribution in [2.24, 2.45) is 0 Å². The lowest BCUT2D eigenvalue weighted by Gasteiger charge is -2.11. The lowest BCUT2D eigenvalue weighted by Crippen LogP contribution is -2.14. The maximum Gasteiger partial charge on any atom is 0.257 e. The van der Waals surface area contributed by atoms with E-state index < -0.39 is 6.67 Å². The molecule has 0 atom stereocenters. The molecule has 0 aliphatic carbocycles. The number of benzene rings is 2. The van der Waals surface area contributed by atoms with Gasteiger partial charge < -0.3 is 5.32 Å². The Morgan fingerprint density at radius 2 is 1.92 bits per heavy atom. The second kappa shape index (κ2) is 6.79. The predicted octanol–water partition coefficient (Wildman–Crippen LogP) is 3.44. The highest BCUT2D eigenvalue weighted by atomic mass is 19.1. The first kappa shape index (κ1) is 16.0. The number of amides is 1. The fourth-order valence-electron chi connectivity index (χ4n) is 2.86. The summed E-state index contributed by atoms with van der Waals surface area (Å²) < 4.78 is 15.7. The molecule has 4 rings (SSSR count). The zero-order valence-corrected chi connectivity index (χ0v) is 13.8. The van der Waals surface area contributed by atoms with Crippen LogP contribution in [0.5, 0.6) is 0 Å². The number of alkyl halides is 1. The van der Waals surface area contributed by atoms with E-state index in [0.29, 0.717) is 11.3 Å². The van der Waals surface area contributed by atoms with Crippen LogP contribution in [0.1, 0.15) is 10.4 Å². The molecule has 1 N–H and O–H groups in total. The molecule has 0 saturated carbocycles. The average molecular weight is 349 g/mol. The number of aryl methyl sites for hydroxylation is 1. The van der Waals surface area contributed by atoms with Gasteiger partial charge in [-0.25, -0.2) is 9.37 Å². The summed E-state index contributed by atoms with van der Waals surface area (Å²) >= 11 is 0. The molecule has 0 aliphatic heterocycles. The lowest BCUT2D eigenvalue weighted by molar-refractivity contribution is 0.102. The summed E-state index contributed by atoms with van der Waals surface area (Å²) in [5.74, 6) is -0.266. The van der Waals surface area contributed by atoms with Gasteiger partial charge in [-0.1, -0.05) is 24.3 Å². The number of halogens is 1. The van der Waals surface area contributed by atoms with Crippen LogP contribution in [0.3, 0.4) is 0 Å². The number of carbonyl (C=O) groups is 1. The first-order valence-electron chi connectivity index (χ1n) is 8.17. The summed E-state index contributed by atoms with van der Waals surface area (Å²) in [6.45, 7) is -0.348. The second-order valence-electron chi connectivity index (χ2n) is 5.76. The van der Waals surface area contributed by atoms with Crippen molar-refractivity contribution < 1.29 is 9.18 Å². The number of para-hydroxylation sites is 3. The van der Waals surface area contributed by atoms with E-state index >= 15 is 0 Å². The molecule has 0 spiro atoms. The van der Waals surface area contributed by atoms with E-state index in [1.165, 1.54) is 10.9 Å². The number of anilines is 1. The number of carbonyl (C=O) groups excluding carboxylic acids is 1. The molecule has 2 aromatic heterocycles. The minimum Gasteiger partial charge on any atom is -0.319 e. The highest BCUT2D eigenvalue weighted by Crippen LogP contribution is 2.22. The van der Waals surface area contributed by atoms with E-state index in [1.54, 1.807) is 18.6 Å². The summed E-state index contributed by atoms with van der Waals surface area (Å²) in [5, 5.41) is 6.82. The van der Waals surface area contributed by atoms with Crippen LogP contribution < -0.4 is 5.32 Å². The van der Waals surface area contributed by atoms with Crippen LogP contribution in [0.2, 0.25) is 0 Å². The molecule has 0 fully saturated rings. The van der Waals surface area contributed by atoms with Crippen LogP contribution in [-0.2, 0) is 6.54 Å². The molecule has 0 unspecified atom stereocenters. The minimum absolute atomic E-state index is 0.160. The number of hydrogen-bond donors (Lipinski definition) is 1. The third kappa shape index (κ3) is 2.95. The first-order chi connectivity index (χ1) is 12.8. The fraction of sp³-hybridized carbons (Fsp3) is 0.105. The van der Waals surface area contributed by atoms with Gasteiger partial charge in [0, 0.05) is 6.20 Å². The van der Waals surface area contributed by atoms with Gasteiger partial charge in [0.25, 0.3) is 5.91 Å². The summed E-state index contributed by atoms with van der Waals surface area (Å²) in [5.41, 5.74) is 3.54. The van der Waals surface area contributed by atoms with Gasteiger partial charge >= 0.3 is 0 Å². The van der Waals surface area contributed by atoms with Crippen molar-refractivity contribution in [3.05, 3.63) is 72.8 Å². The molecule has 130 valence electrons. The van der Waals surface area contributed by atoms with Crippen molar-refractivity contribution in [2.75, 3.05) is 12.0 Å². The highest BCUT2D eigenvalue weighted by molar-refractivity contribution is 6.07. The normalized spacial score (nSPS) is 11.0. The fourth-order valence-corrected chi connectivity index (χ4v) is 2.86. The molecule has 0 saturated heterocycles.